The molecule has 0 radical (unpaired) electrons. The second-order valence-corrected chi connectivity index (χ2v) is 10.8. The molecule has 7 nitrogen and oxygen atoms in total. The molecule has 4 aromatic rings. The Labute approximate surface area is 205 Å². The number of aryl methyl sites for hydroxylation is 1. The third-order valence-corrected chi connectivity index (χ3v) is 8.38. The van der Waals surface area contributed by atoms with Crippen molar-refractivity contribution in [1.29, 1.82) is 0 Å². The van der Waals surface area contributed by atoms with Crippen LogP contribution in [0.4, 0.5) is 5.69 Å². The Morgan fingerprint density at radius 1 is 1.09 bits per heavy atom. The Hall–Kier alpha value is -3.49. The number of fused-ring (bicyclic) bond motifs is 1. The number of carbonyl (C=O) groups is 1. The zero-order chi connectivity index (χ0) is 24.4. The lowest BCUT2D eigenvalue weighted by atomic mass is 9.98. The number of aromatic amines is 1. The first kappa shape index (κ1) is 23.3. The van der Waals surface area contributed by atoms with Crippen LogP contribution in [0.25, 0.3) is 22.4 Å². The molecule has 1 fully saturated rings. The smallest absolute Gasteiger partial charge is 0.243 e. The Bertz CT molecular complexity index is 1450. The van der Waals surface area contributed by atoms with Gasteiger partial charge in [-0.3, -0.25) is 4.79 Å². The third kappa shape index (κ3) is 4.85. The van der Waals surface area contributed by atoms with E-state index in [-0.39, 0.29) is 17.3 Å². The molecule has 5 rings (SSSR count). The summed E-state index contributed by atoms with van der Waals surface area (Å²) in [7, 11) is -3.75. The molecule has 35 heavy (non-hydrogen) atoms. The van der Waals surface area contributed by atoms with Crippen LogP contribution in [-0.4, -0.2) is 41.7 Å². The van der Waals surface area contributed by atoms with Crippen molar-refractivity contribution in [1.82, 2.24) is 14.3 Å². The predicted octanol–water partition coefficient (Wildman–Crippen LogP) is 4.83. The van der Waals surface area contributed by atoms with Crippen molar-refractivity contribution in [2.45, 2.75) is 31.1 Å². The average Bonchev–Trinajstić information content (AvgIpc) is 3.33. The van der Waals surface area contributed by atoms with E-state index in [0.29, 0.717) is 36.2 Å². The van der Waals surface area contributed by atoms with Gasteiger partial charge in [0.1, 0.15) is 5.82 Å². The molecule has 1 aliphatic rings. The van der Waals surface area contributed by atoms with Gasteiger partial charge in [-0.1, -0.05) is 49.4 Å². The summed E-state index contributed by atoms with van der Waals surface area (Å²) >= 11 is 0. The fraction of sp³-hybridized carbons (Fsp3) is 0.259. The molecule has 0 spiro atoms. The number of piperidine rings is 1. The van der Waals surface area contributed by atoms with Crippen LogP contribution < -0.4 is 5.32 Å². The van der Waals surface area contributed by atoms with Gasteiger partial charge < -0.3 is 10.3 Å². The van der Waals surface area contributed by atoms with Gasteiger partial charge in [0.05, 0.1) is 21.8 Å². The van der Waals surface area contributed by atoms with Crippen LogP contribution in [0, 0.1) is 5.92 Å². The van der Waals surface area contributed by atoms with Gasteiger partial charge in [-0.15, -0.1) is 0 Å². The second kappa shape index (κ2) is 9.64. The van der Waals surface area contributed by atoms with Gasteiger partial charge in [-0.25, -0.2) is 13.4 Å². The van der Waals surface area contributed by atoms with Crippen LogP contribution in [0.3, 0.4) is 0 Å². The summed E-state index contributed by atoms with van der Waals surface area (Å²) in [4.78, 5) is 20.9. The minimum absolute atomic E-state index is 0.148. The van der Waals surface area contributed by atoms with Crippen LogP contribution in [0.1, 0.15) is 25.3 Å². The average molecular weight is 489 g/mol. The second-order valence-electron chi connectivity index (χ2n) is 8.87. The van der Waals surface area contributed by atoms with Crippen LogP contribution in [-0.2, 0) is 21.2 Å². The van der Waals surface area contributed by atoms with Crippen LogP contribution in [0.5, 0.6) is 0 Å². The Morgan fingerprint density at radius 3 is 2.60 bits per heavy atom. The van der Waals surface area contributed by atoms with E-state index in [2.05, 4.69) is 22.2 Å². The van der Waals surface area contributed by atoms with E-state index in [1.54, 1.807) is 18.2 Å². The van der Waals surface area contributed by atoms with Gasteiger partial charge in [0.15, 0.2) is 0 Å². The minimum Gasteiger partial charge on any atom is -0.338 e. The standard InChI is InChI=1S/C27H28N4O3S/c1-2-19-10-12-22(13-11-19)28-27(32)21-9-6-16-31(18-21)35(33,34)23-14-15-24-25(17-23)30-26(29-24)20-7-4-3-5-8-20/h3-5,7-8,10-15,17,21H,2,6,9,16,18H2,1H3,(H,28,32)(H,29,30)/t21-/m0/s1. The SMILES string of the molecule is CCc1ccc(NC(=O)[C@H]2CCCN(S(=O)(=O)c3ccc4nc(-c5ccccc5)[nH]c4c3)C2)cc1. The van der Waals surface area contributed by atoms with Gasteiger partial charge >= 0.3 is 0 Å². The summed E-state index contributed by atoms with van der Waals surface area (Å²) in [5, 5.41) is 2.94. The quantitative estimate of drug-likeness (QED) is 0.406. The van der Waals surface area contributed by atoms with E-state index < -0.39 is 15.9 Å². The molecule has 0 saturated carbocycles. The Kier molecular flexibility index (Phi) is 6.40. The normalized spacial score (nSPS) is 16.9. The summed E-state index contributed by atoms with van der Waals surface area (Å²) < 4.78 is 28.4. The number of H-pyrrole nitrogens is 1. The van der Waals surface area contributed by atoms with E-state index in [4.69, 9.17) is 0 Å². The molecule has 0 unspecified atom stereocenters. The number of hydrogen-bond donors (Lipinski definition) is 2. The van der Waals surface area contributed by atoms with E-state index >= 15 is 0 Å². The molecule has 8 heteroatoms. The lowest BCUT2D eigenvalue weighted by Crippen LogP contribution is -2.43. The molecule has 2 N–H and O–H groups in total. The number of sulfonamides is 1. The molecule has 1 aliphatic heterocycles. The van der Waals surface area contributed by atoms with Crippen LogP contribution in [0.2, 0.25) is 0 Å². The van der Waals surface area contributed by atoms with E-state index in [1.807, 2.05) is 54.6 Å². The molecule has 0 aliphatic carbocycles. The van der Waals surface area contributed by atoms with Gasteiger partial charge in [-0.05, 0) is 55.2 Å². The summed E-state index contributed by atoms with van der Waals surface area (Å²) in [5.74, 6) is 0.146. The summed E-state index contributed by atoms with van der Waals surface area (Å²) in [6.07, 6.45) is 2.23. The van der Waals surface area contributed by atoms with Gasteiger partial charge in [0.25, 0.3) is 0 Å². The van der Waals surface area contributed by atoms with Crippen molar-refractivity contribution in [3.8, 4) is 11.4 Å². The lowest BCUT2D eigenvalue weighted by molar-refractivity contribution is -0.120. The maximum absolute atomic E-state index is 13.5. The van der Waals surface area contributed by atoms with Gasteiger partial charge in [0, 0.05) is 24.3 Å². The zero-order valence-electron chi connectivity index (χ0n) is 19.6. The monoisotopic (exact) mass is 488 g/mol. The third-order valence-electron chi connectivity index (χ3n) is 6.52. The highest BCUT2D eigenvalue weighted by molar-refractivity contribution is 7.89. The first-order valence-corrected chi connectivity index (χ1v) is 13.3. The van der Waals surface area contributed by atoms with E-state index in [0.717, 1.165) is 17.7 Å². The van der Waals surface area contributed by atoms with Crippen molar-refractivity contribution in [3.05, 3.63) is 78.4 Å². The van der Waals surface area contributed by atoms with Crippen molar-refractivity contribution < 1.29 is 13.2 Å². The van der Waals surface area contributed by atoms with Gasteiger partial charge in [0.2, 0.25) is 15.9 Å². The number of benzene rings is 3. The molecule has 1 atom stereocenters. The molecule has 1 saturated heterocycles. The number of rotatable bonds is 6. The van der Waals surface area contributed by atoms with Crippen molar-refractivity contribution in [2.75, 3.05) is 18.4 Å². The molecule has 180 valence electrons. The topological polar surface area (TPSA) is 95.2 Å². The fourth-order valence-electron chi connectivity index (χ4n) is 4.47. The molecule has 1 amide bonds. The molecular formula is C27H28N4O3S. The fourth-order valence-corrected chi connectivity index (χ4v) is 6.02. The lowest BCUT2D eigenvalue weighted by Gasteiger charge is -2.31. The Balaban J connectivity index is 1.33. The Morgan fingerprint density at radius 2 is 1.86 bits per heavy atom. The maximum Gasteiger partial charge on any atom is 0.243 e. The number of anilines is 1. The molecule has 0 bridgehead atoms. The number of amides is 1. The number of imidazole rings is 1. The summed E-state index contributed by atoms with van der Waals surface area (Å²) in [5.41, 5.74) is 4.22. The highest BCUT2D eigenvalue weighted by Gasteiger charge is 2.33. The summed E-state index contributed by atoms with van der Waals surface area (Å²) in [6, 6.07) is 22.4. The zero-order valence-corrected chi connectivity index (χ0v) is 20.4. The number of aromatic nitrogens is 2. The number of carbonyl (C=O) groups excluding carboxylic acids is 1. The maximum atomic E-state index is 13.5. The molecule has 1 aromatic heterocycles. The highest BCUT2D eigenvalue weighted by atomic mass is 32.2. The first-order chi connectivity index (χ1) is 16.9. The van der Waals surface area contributed by atoms with Crippen LogP contribution in [0.15, 0.2) is 77.7 Å². The van der Waals surface area contributed by atoms with Crippen molar-refractivity contribution in [3.63, 3.8) is 0 Å². The molecule has 3 aromatic carbocycles. The number of hydrogen-bond acceptors (Lipinski definition) is 4. The first-order valence-electron chi connectivity index (χ1n) is 11.9. The number of nitrogens with zero attached hydrogens (tertiary/aromatic N) is 2. The molecule has 2 heterocycles. The number of nitrogens with one attached hydrogen (secondary N) is 2. The van der Waals surface area contributed by atoms with Gasteiger partial charge in [-0.2, -0.15) is 4.31 Å². The van der Waals surface area contributed by atoms with Crippen molar-refractivity contribution in [2.24, 2.45) is 5.92 Å². The van der Waals surface area contributed by atoms with Crippen molar-refractivity contribution >= 4 is 32.7 Å². The van der Waals surface area contributed by atoms with E-state index in [1.165, 1.54) is 9.87 Å². The van der Waals surface area contributed by atoms with Crippen LogP contribution >= 0.6 is 0 Å². The van der Waals surface area contributed by atoms with E-state index in [9.17, 15) is 13.2 Å². The predicted molar refractivity (Wildman–Crippen MR) is 137 cm³/mol. The summed E-state index contributed by atoms with van der Waals surface area (Å²) in [6.45, 7) is 2.64. The molecular weight excluding hydrogens is 460 g/mol. The minimum atomic E-state index is -3.75. The largest absolute Gasteiger partial charge is 0.338 e. The highest BCUT2D eigenvalue weighted by Crippen LogP contribution is 2.28.